The van der Waals surface area contributed by atoms with E-state index < -0.39 is 10.0 Å². The van der Waals surface area contributed by atoms with Gasteiger partial charge >= 0.3 is 0 Å². The number of hydrogen-bond acceptors (Lipinski definition) is 4. The molecule has 0 amide bonds. The first-order chi connectivity index (χ1) is 8.96. The molecule has 1 aliphatic heterocycles. The van der Waals surface area contributed by atoms with Crippen LogP contribution in [-0.4, -0.2) is 37.0 Å². The van der Waals surface area contributed by atoms with Crippen molar-refractivity contribution in [1.29, 1.82) is 0 Å². The van der Waals surface area contributed by atoms with Crippen molar-refractivity contribution < 1.29 is 8.42 Å². The van der Waals surface area contributed by atoms with Gasteiger partial charge in [0.1, 0.15) is 5.82 Å². The molecule has 1 aromatic rings. The summed E-state index contributed by atoms with van der Waals surface area (Å²) in [5.74, 6) is 1.23. The molecule has 108 valence electrons. The van der Waals surface area contributed by atoms with Crippen molar-refractivity contribution >= 4 is 15.8 Å². The van der Waals surface area contributed by atoms with E-state index in [-0.39, 0.29) is 5.75 Å². The van der Waals surface area contributed by atoms with E-state index in [1.165, 1.54) is 0 Å². The molecular formula is C12H22N4O2S. The van der Waals surface area contributed by atoms with Crippen molar-refractivity contribution in [3.05, 3.63) is 11.8 Å². The van der Waals surface area contributed by atoms with Crippen molar-refractivity contribution in [2.75, 3.05) is 23.6 Å². The fourth-order valence-corrected chi connectivity index (χ4v) is 3.66. The third-order valence-electron chi connectivity index (χ3n) is 3.52. The van der Waals surface area contributed by atoms with E-state index in [9.17, 15) is 8.42 Å². The molecule has 0 unspecified atom stereocenters. The summed E-state index contributed by atoms with van der Waals surface area (Å²) in [5, 5.41) is 7.41. The van der Waals surface area contributed by atoms with Gasteiger partial charge in [0.15, 0.2) is 0 Å². The van der Waals surface area contributed by atoms with Crippen LogP contribution in [0.25, 0.3) is 0 Å². The molecule has 0 bridgehead atoms. The molecule has 1 aliphatic rings. The van der Waals surface area contributed by atoms with E-state index in [0.717, 1.165) is 38.0 Å². The van der Waals surface area contributed by atoms with E-state index in [1.54, 1.807) is 17.8 Å². The van der Waals surface area contributed by atoms with Crippen LogP contribution in [0.2, 0.25) is 0 Å². The first-order valence-electron chi connectivity index (χ1n) is 6.68. The normalized spacial score (nSPS) is 17.6. The van der Waals surface area contributed by atoms with Crippen LogP contribution in [0.4, 0.5) is 5.82 Å². The van der Waals surface area contributed by atoms with Crippen molar-refractivity contribution in [1.82, 2.24) is 15.1 Å². The zero-order chi connectivity index (χ0) is 13.9. The summed E-state index contributed by atoms with van der Waals surface area (Å²) in [6.45, 7) is 3.84. The molecule has 0 radical (unpaired) electrons. The largest absolute Gasteiger partial charge is 0.317 e. The summed E-state index contributed by atoms with van der Waals surface area (Å²) in [5.41, 5.74) is 0.804. The van der Waals surface area contributed by atoms with Crippen LogP contribution < -0.4 is 10.0 Å². The Morgan fingerprint density at radius 2 is 2.16 bits per heavy atom. The lowest BCUT2D eigenvalue weighted by atomic mass is 9.96. The lowest BCUT2D eigenvalue weighted by Gasteiger charge is -2.22. The minimum absolute atomic E-state index is 0.182. The molecule has 19 heavy (non-hydrogen) atoms. The van der Waals surface area contributed by atoms with Gasteiger partial charge in [-0.2, -0.15) is 5.10 Å². The zero-order valence-electron chi connectivity index (χ0n) is 11.5. The van der Waals surface area contributed by atoms with Crippen molar-refractivity contribution in [3.63, 3.8) is 0 Å². The number of sulfonamides is 1. The van der Waals surface area contributed by atoms with Gasteiger partial charge in [-0.25, -0.2) is 8.42 Å². The molecular weight excluding hydrogens is 264 g/mol. The summed E-state index contributed by atoms with van der Waals surface area (Å²) in [6.07, 6.45) is 2.87. The number of nitrogens with one attached hydrogen (secondary N) is 2. The van der Waals surface area contributed by atoms with Gasteiger partial charge < -0.3 is 5.32 Å². The molecule has 6 nitrogen and oxygen atoms in total. The Kier molecular flexibility index (Phi) is 4.46. The van der Waals surface area contributed by atoms with Gasteiger partial charge in [-0.15, -0.1) is 0 Å². The molecule has 2 heterocycles. The SMILES string of the molecule is Cc1cc(NS(=O)(=O)CCC2CCNCC2)n(C)n1. The number of anilines is 1. The number of rotatable bonds is 5. The third-order valence-corrected chi connectivity index (χ3v) is 4.81. The molecule has 7 heteroatoms. The molecule has 0 spiro atoms. The highest BCUT2D eigenvalue weighted by Gasteiger charge is 2.18. The molecule has 2 N–H and O–H groups in total. The monoisotopic (exact) mass is 286 g/mol. The maximum atomic E-state index is 12.0. The Bertz CT molecular complexity index is 518. The van der Waals surface area contributed by atoms with Crippen molar-refractivity contribution in [2.45, 2.75) is 26.2 Å². The lowest BCUT2D eigenvalue weighted by molar-refractivity contribution is 0.365. The molecule has 1 aromatic heterocycles. The van der Waals surface area contributed by atoms with Gasteiger partial charge in [-0.1, -0.05) is 0 Å². The molecule has 1 saturated heterocycles. The van der Waals surface area contributed by atoms with Crippen LogP contribution in [0.5, 0.6) is 0 Å². The van der Waals surface area contributed by atoms with E-state index in [0.29, 0.717) is 11.7 Å². The molecule has 0 aliphatic carbocycles. The quantitative estimate of drug-likeness (QED) is 0.842. The molecule has 0 aromatic carbocycles. The second-order valence-corrected chi connectivity index (χ2v) is 7.04. The van der Waals surface area contributed by atoms with Gasteiger partial charge in [0.05, 0.1) is 11.4 Å². The predicted octanol–water partition coefficient (Wildman–Crippen LogP) is 0.860. The standard InChI is InChI=1S/C12H22N4O2S/c1-10-9-12(16(2)14-10)15-19(17,18)8-5-11-3-6-13-7-4-11/h9,11,13,15H,3-8H2,1-2H3. The van der Waals surface area contributed by atoms with Crippen LogP contribution in [0.15, 0.2) is 6.07 Å². The highest BCUT2D eigenvalue weighted by atomic mass is 32.2. The minimum atomic E-state index is -3.27. The maximum Gasteiger partial charge on any atom is 0.233 e. The van der Waals surface area contributed by atoms with Gasteiger partial charge in [0.2, 0.25) is 10.0 Å². The Hall–Kier alpha value is -1.08. The van der Waals surface area contributed by atoms with Crippen LogP contribution in [0.1, 0.15) is 25.0 Å². The predicted molar refractivity (Wildman–Crippen MR) is 75.6 cm³/mol. The first-order valence-corrected chi connectivity index (χ1v) is 8.33. The number of hydrogen-bond donors (Lipinski definition) is 2. The van der Waals surface area contributed by atoms with Gasteiger partial charge in [0.25, 0.3) is 0 Å². The number of aromatic nitrogens is 2. The van der Waals surface area contributed by atoms with Gasteiger partial charge in [-0.3, -0.25) is 9.40 Å². The molecule has 0 atom stereocenters. The second-order valence-electron chi connectivity index (χ2n) is 5.20. The zero-order valence-corrected chi connectivity index (χ0v) is 12.3. The Morgan fingerprint density at radius 1 is 1.47 bits per heavy atom. The third kappa shape index (κ3) is 4.21. The molecule has 0 saturated carbocycles. The average molecular weight is 286 g/mol. The Morgan fingerprint density at radius 3 is 2.74 bits per heavy atom. The van der Waals surface area contributed by atoms with Crippen molar-refractivity contribution in [2.24, 2.45) is 13.0 Å². The maximum absolute atomic E-state index is 12.0. The Balaban J connectivity index is 1.89. The van der Waals surface area contributed by atoms with E-state index in [1.807, 2.05) is 6.92 Å². The topological polar surface area (TPSA) is 76.0 Å². The van der Waals surface area contributed by atoms with Gasteiger partial charge in [-0.05, 0) is 45.2 Å². The number of aryl methyl sites for hydroxylation is 2. The summed E-state index contributed by atoms with van der Waals surface area (Å²) < 4.78 is 28.2. The highest BCUT2D eigenvalue weighted by Crippen LogP contribution is 2.18. The van der Waals surface area contributed by atoms with Crippen LogP contribution in [0.3, 0.4) is 0 Å². The number of nitrogens with zero attached hydrogens (tertiary/aromatic N) is 2. The van der Waals surface area contributed by atoms with Gasteiger partial charge in [0, 0.05) is 13.1 Å². The summed E-state index contributed by atoms with van der Waals surface area (Å²) in [4.78, 5) is 0. The molecule has 2 rings (SSSR count). The van der Waals surface area contributed by atoms with E-state index in [2.05, 4.69) is 15.1 Å². The smallest absolute Gasteiger partial charge is 0.233 e. The van der Waals surface area contributed by atoms with Crippen molar-refractivity contribution in [3.8, 4) is 0 Å². The fraction of sp³-hybridized carbons (Fsp3) is 0.750. The molecule has 1 fully saturated rings. The highest BCUT2D eigenvalue weighted by molar-refractivity contribution is 7.92. The van der Waals surface area contributed by atoms with Crippen LogP contribution >= 0.6 is 0 Å². The Labute approximate surface area is 114 Å². The summed E-state index contributed by atoms with van der Waals surface area (Å²) in [6, 6.07) is 1.74. The first kappa shape index (κ1) is 14.3. The number of piperidine rings is 1. The van der Waals surface area contributed by atoms with Crippen LogP contribution in [-0.2, 0) is 17.1 Å². The average Bonchev–Trinajstić information content (AvgIpc) is 2.66. The fourth-order valence-electron chi connectivity index (χ4n) is 2.41. The van der Waals surface area contributed by atoms with E-state index >= 15 is 0 Å². The second kappa shape index (κ2) is 5.92. The minimum Gasteiger partial charge on any atom is -0.317 e. The lowest BCUT2D eigenvalue weighted by Crippen LogP contribution is -2.29. The summed E-state index contributed by atoms with van der Waals surface area (Å²) >= 11 is 0. The van der Waals surface area contributed by atoms with Crippen LogP contribution in [0, 0.1) is 12.8 Å². The summed E-state index contributed by atoms with van der Waals surface area (Å²) in [7, 11) is -1.54. The van der Waals surface area contributed by atoms with E-state index in [4.69, 9.17) is 0 Å².